The number of fused-ring (bicyclic) bond motifs is 5. The van der Waals surface area contributed by atoms with Crippen LogP contribution in [0.3, 0.4) is 0 Å². The fourth-order valence-electron chi connectivity index (χ4n) is 15.7. The standard InChI is InChI=1S/C55H94O21/c1-24(27-17-18-55(10)33-14-12-28-29(53(33,8)19-20-54(27,55)9)13-16-34(51(28,4)5)74-48-44(66)40(62)37(59)30(21-56)71-48)11-15-35(52(6,7)68)75-50-46(76-49-45(67)41(63)38(60)31(22-57)72-49)42(64)39(61)32(73-50)23-69-47-43(65)36(58)25(2)26(3)70-47/h12,24-27,29-50,56-68H,11,13-23H2,1-10H3/t24-,25+,26+,27-,29-,30-,31-,32-,33-,34+,35-,36-,37-,38-,39-,40+,41+,42+,43-,44-,45-,46-,47-,48+,49+,50+,53+,54-,55+/m1/s1. The van der Waals surface area contributed by atoms with Gasteiger partial charge < -0.3 is 104 Å². The summed E-state index contributed by atoms with van der Waals surface area (Å²) in [7, 11) is 0. The van der Waals surface area contributed by atoms with Gasteiger partial charge in [0.25, 0.3) is 0 Å². The smallest absolute Gasteiger partial charge is 0.187 e. The molecular formula is C55H94O21. The number of allylic oxidation sites excluding steroid dienone is 1. The number of aliphatic hydroxyl groups is 13. The summed E-state index contributed by atoms with van der Waals surface area (Å²) in [5, 5.41) is 140. The Bertz CT molecular complexity index is 1970. The third kappa shape index (κ3) is 10.8. The van der Waals surface area contributed by atoms with E-state index in [4.69, 9.17) is 37.9 Å². The van der Waals surface area contributed by atoms with Crippen molar-refractivity contribution in [3.05, 3.63) is 11.6 Å². The summed E-state index contributed by atoms with van der Waals surface area (Å²) in [5.74, 6) is 0.771. The zero-order valence-corrected chi connectivity index (χ0v) is 46.2. The second-order valence-electron chi connectivity index (χ2n) is 26.1. The Hall–Kier alpha value is -1.10. The Kier molecular flexibility index (Phi) is 18.4. The van der Waals surface area contributed by atoms with E-state index in [0.29, 0.717) is 37.0 Å². The minimum atomic E-state index is -1.87. The Morgan fingerprint density at radius 3 is 1.78 bits per heavy atom. The average molecular weight is 1090 g/mol. The summed E-state index contributed by atoms with van der Waals surface area (Å²) in [5.41, 5.74) is -0.639. The van der Waals surface area contributed by atoms with E-state index in [1.165, 1.54) is 5.57 Å². The van der Waals surface area contributed by atoms with Gasteiger partial charge in [-0.05, 0) is 118 Å². The van der Waals surface area contributed by atoms with Crippen LogP contribution in [0.25, 0.3) is 0 Å². The molecule has 8 rings (SSSR count). The fourth-order valence-corrected chi connectivity index (χ4v) is 15.7. The van der Waals surface area contributed by atoms with Gasteiger partial charge >= 0.3 is 0 Å². The highest BCUT2D eigenvalue weighted by atomic mass is 16.8. The predicted octanol–water partition coefficient (Wildman–Crippen LogP) is 0.100. The van der Waals surface area contributed by atoms with Gasteiger partial charge in [-0.15, -0.1) is 0 Å². The van der Waals surface area contributed by atoms with Crippen LogP contribution in [0.1, 0.15) is 127 Å². The lowest BCUT2D eigenvalue weighted by atomic mass is 9.39. The molecule has 3 saturated carbocycles. The zero-order chi connectivity index (χ0) is 55.9. The number of hydrogen-bond acceptors (Lipinski definition) is 21. The lowest BCUT2D eigenvalue weighted by Crippen LogP contribution is -2.65. The maximum Gasteiger partial charge on any atom is 0.187 e. The molecular weight excluding hydrogens is 997 g/mol. The second-order valence-corrected chi connectivity index (χ2v) is 26.1. The van der Waals surface area contributed by atoms with Crippen molar-refractivity contribution in [3.8, 4) is 0 Å². The largest absolute Gasteiger partial charge is 0.394 e. The van der Waals surface area contributed by atoms with E-state index < -0.39 is 160 Å². The molecule has 13 N–H and O–H groups in total. The first-order valence-corrected chi connectivity index (χ1v) is 28.1. The van der Waals surface area contributed by atoms with Gasteiger partial charge in [-0.2, -0.15) is 0 Å². The van der Waals surface area contributed by atoms with Crippen LogP contribution < -0.4 is 0 Å². The van der Waals surface area contributed by atoms with Crippen molar-refractivity contribution < 1.29 is 104 Å². The summed E-state index contributed by atoms with van der Waals surface area (Å²) in [6, 6.07) is 0. The molecule has 7 fully saturated rings. The first kappa shape index (κ1) is 61.0. The van der Waals surface area contributed by atoms with Gasteiger partial charge in [0.2, 0.25) is 0 Å². The van der Waals surface area contributed by atoms with Crippen LogP contribution >= 0.6 is 0 Å². The number of hydrogen-bond donors (Lipinski definition) is 13. The van der Waals surface area contributed by atoms with Crippen molar-refractivity contribution in [1.82, 2.24) is 0 Å². The zero-order valence-electron chi connectivity index (χ0n) is 46.2. The van der Waals surface area contributed by atoms with Crippen LogP contribution in [-0.2, 0) is 37.9 Å². The monoisotopic (exact) mass is 1090 g/mol. The second kappa shape index (κ2) is 22.9. The number of ether oxygens (including phenoxy) is 8. The molecule has 0 spiro atoms. The van der Waals surface area contributed by atoms with Crippen molar-refractivity contribution in [3.63, 3.8) is 0 Å². The molecule has 21 nitrogen and oxygen atoms in total. The molecule has 21 heteroatoms. The van der Waals surface area contributed by atoms with Crippen LogP contribution in [0.5, 0.6) is 0 Å². The Labute approximate surface area is 447 Å². The summed E-state index contributed by atoms with van der Waals surface area (Å²) in [4.78, 5) is 0. The molecule has 4 heterocycles. The van der Waals surface area contributed by atoms with E-state index in [0.717, 1.165) is 38.5 Å². The van der Waals surface area contributed by atoms with Gasteiger partial charge in [-0.1, -0.05) is 60.1 Å². The van der Waals surface area contributed by atoms with Crippen molar-refractivity contribution in [2.24, 2.45) is 51.2 Å². The van der Waals surface area contributed by atoms with Crippen LogP contribution in [0.4, 0.5) is 0 Å². The van der Waals surface area contributed by atoms with Gasteiger partial charge in [-0.25, -0.2) is 0 Å². The normalized spacial score (nSPS) is 51.5. The maximum atomic E-state index is 11.8. The SMILES string of the molecule is C[C@@H]1[C@@H](O)[C@@H](O)[C@H](OC[C@H]2O[C@@H](O[C@H](CC[C@@H](C)[C@H]3CC[C@@]4(C)[C@@H]5CC=C6[C@@H](CC[C@H](O[C@@H]7O[C@H](CO)[C@@H](O)[C@H](O)[C@H]7O)C6(C)C)[C@]5(C)CC[C@]34C)C(C)(C)O)[C@H](O[C@@H]3O[C@H](CO)[C@@H](O)[C@H](O)[C@H]3O)[C@@H](O)[C@@H]2O)O[C@H]1C. The molecule has 8 aliphatic rings. The third-order valence-corrected chi connectivity index (χ3v) is 21.1. The fraction of sp³-hybridized carbons (Fsp3) is 0.964. The summed E-state index contributed by atoms with van der Waals surface area (Å²) < 4.78 is 48.6. The quantitative estimate of drug-likeness (QED) is 0.0912. The van der Waals surface area contributed by atoms with Gasteiger partial charge in [0.1, 0.15) is 79.4 Å². The van der Waals surface area contributed by atoms with E-state index >= 15 is 0 Å². The minimum absolute atomic E-state index is 0.00154. The molecule has 440 valence electrons. The van der Waals surface area contributed by atoms with Gasteiger partial charge in [0.05, 0.1) is 49.8 Å². The van der Waals surface area contributed by atoms with Crippen molar-refractivity contribution in [2.45, 2.75) is 262 Å². The highest BCUT2D eigenvalue weighted by Crippen LogP contribution is 2.75. The third-order valence-electron chi connectivity index (χ3n) is 21.1. The first-order chi connectivity index (χ1) is 35.5. The van der Waals surface area contributed by atoms with E-state index in [-0.39, 0.29) is 28.3 Å². The Balaban J connectivity index is 0.971. The van der Waals surface area contributed by atoms with E-state index in [9.17, 15) is 66.4 Å². The lowest BCUT2D eigenvalue weighted by Gasteiger charge is -2.66. The molecule has 0 aromatic heterocycles. The molecule has 4 saturated heterocycles. The number of rotatable bonds is 16. The number of aliphatic hydroxyl groups excluding tert-OH is 12. The van der Waals surface area contributed by atoms with Crippen LogP contribution in [0.15, 0.2) is 11.6 Å². The van der Waals surface area contributed by atoms with Gasteiger partial charge in [-0.3, -0.25) is 0 Å². The molecule has 4 aliphatic carbocycles. The predicted molar refractivity (Wildman–Crippen MR) is 268 cm³/mol. The molecule has 0 amide bonds. The molecule has 76 heavy (non-hydrogen) atoms. The highest BCUT2D eigenvalue weighted by molar-refractivity contribution is 5.30. The molecule has 4 aliphatic heterocycles. The maximum absolute atomic E-state index is 11.8. The lowest BCUT2D eigenvalue weighted by molar-refractivity contribution is -0.379. The van der Waals surface area contributed by atoms with Crippen LogP contribution in [0.2, 0.25) is 0 Å². The average Bonchev–Trinajstić information content (AvgIpc) is 3.83. The Morgan fingerprint density at radius 2 is 1.18 bits per heavy atom. The molecule has 0 aromatic carbocycles. The first-order valence-electron chi connectivity index (χ1n) is 28.1. The summed E-state index contributed by atoms with van der Waals surface area (Å²) in [6.07, 6.45) is -19.1. The van der Waals surface area contributed by atoms with E-state index in [1.54, 1.807) is 27.7 Å². The molecule has 0 aromatic rings. The topological polar surface area (TPSA) is 337 Å². The van der Waals surface area contributed by atoms with Crippen molar-refractivity contribution >= 4 is 0 Å². The summed E-state index contributed by atoms with van der Waals surface area (Å²) >= 11 is 0. The molecule has 0 unspecified atom stereocenters. The molecule has 0 bridgehead atoms. The summed E-state index contributed by atoms with van der Waals surface area (Å²) in [6.45, 7) is 18.9. The van der Waals surface area contributed by atoms with Crippen LogP contribution in [-0.4, -0.2) is 221 Å². The minimum Gasteiger partial charge on any atom is -0.394 e. The van der Waals surface area contributed by atoms with Crippen molar-refractivity contribution in [1.29, 1.82) is 0 Å². The highest BCUT2D eigenvalue weighted by Gasteiger charge is 2.68. The van der Waals surface area contributed by atoms with Crippen molar-refractivity contribution in [2.75, 3.05) is 19.8 Å². The van der Waals surface area contributed by atoms with Gasteiger partial charge in [0.15, 0.2) is 25.2 Å². The van der Waals surface area contributed by atoms with Gasteiger partial charge in [0, 0.05) is 11.3 Å². The molecule has 29 atom stereocenters. The van der Waals surface area contributed by atoms with Crippen LogP contribution in [0, 0.1) is 51.2 Å². The van der Waals surface area contributed by atoms with E-state index in [1.807, 2.05) is 0 Å². The molecule has 0 radical (unpaired) electrons. The Morgan fingerprint density at radius 1 is 0.618 bits per heavy atom. The van der Waals surface area contributed by atoms with E-state index in [2.05, 4.69) is 47.6 Å².